The third-order valence-electron chi connectivity index (χ3n) is 8.38. The lowest BCUT2D eigenvalue weighted by Crippen LogP contribution is -2.44. The van der Waals surface area contributed by atoms with E-state index in [0.29, 0.717) is 39.7 Å². The quantitative estimate of drug-likeness (QED) is 0.187. The van der Waals surface area contributed by atoms with E-state index in [1.807, 2.05) is 60.7 Å². The first-order valence-electron chi connectivity index (χ1n) is 15.1. The molecule has 0 bridgehead atoms. The standard InChI is InChI=1S/C33H37N10O2P/c1-41-13-15-43(16-14-41)27-18-28(45-3)26(17-24(27)22-19-36-42(2)20-22)38-33-39-31-23(10-12-35-31)32(40-33)37-25-9-8-21-7-6-11-34-29(21)30(25)46(4,5)44/h6-12,17-20H,13-16H2,1-5H3,(H3,35,37,38,39,40). The summed E-state index contributed by atoms with van der Waals surface area (Å²) in [6, 6.07) is 13.9. The number of benzene rings is 2. The third-order valence-corrected chi connectivity index (χ3v) is 9.91. The number of methoxy groups -OCH3 is 1. The molecule has 0 amide bonds. The van der Waals surface area contributed by atoms with Crippen LogP contribution in [0.1, 0.15) is 0 Å². The van der Waals surface area contributed by atoms with E-state index in [-0.39, 0.29) is 0 Å². The maximum atomic E-state index is 13.6. The van der Waals surface area contributed by atoms with Crippen LogP contribution < -0.4 is 25.6 Å². The number of aryl methyl sites for hydroxylation is 1. The highest BCUT2D eigenvalue weighted by Crippen LogP contribution is 2.43. The fourth-order valence-corrected chi connectivity index (χ4v) is 7.46. The first-order valence-corrected chi connectivity index (χ1v) is 17.7. The van der Waals surface area contributed by atoms with Gasteiger partial charge in [0.25, 0.3) is 0 Å². The molecule has 0 saturated carbocycles. The molecule has 5 heterocycles. The smallest absolute Gasteiger partial charge is 0.231 e. The Kier molecular flexibility index (Phi) is 7.62. The van der Waals surface area contributed by atoms with Crippen molar-refractivity contribution in [2.24, 2.45) is 7.05 Å². The molecule has 0 aliphatic carbocycles. The zero-order chi connectivity index (χ0) is 32.0. The van der Waals surface area contributed by atoms with Crippen molar-refractivity contribution in [3.8, 4) is 16.9 Å². The molecule has 1 fully saturated rings. The number of hydrogen-bond acceptors (Lipinski definition) is 10. The first kappa shape index (κ1) is 29.8. The molecule has 236 valence electrons. The summed E-state index contributed by atoms with van der Waals surface area (Å²) in [5.74, 6) is 1.61. The highest BCUT2D eigenvalue weighted by Gasteiger charge is 2.24. The maximum Gasteiger partial charge on any atom is 0.231 e. The number of piperazine rings is 1. The lowest BCUT2D eigenvalue weighted by molar-refractivity contribution is 0.313. The van der Waals surface area contributed by atoms with Crippen molar-refractivity contribution in [1.82, 2.24) is 34.6 Å². The number of H-pyrrole nitrogens is 1. The van der Waals surface area contributed by atoms with E-state index in [1.54, 1.807) is 26.6 Å². The van der Waals surface area contributed by atoms with E-state index in [9.17, 15) is 4.57 Å². The van der Waals surface area contributed by atoms with Gasteiger partial charge in [0.05, 0.1) is 40.9 Å². The minimum atomic E-state index is -2.74. The van der Waals surface area contributed by atoms with Crippen LogP contribution in [-0.4, -0.2) is 88.3 Å². The van der Waals surface area contributed by atoms with Crippen molar-refractivity contribution >= 4 is 63.2 Å². The average Bonchev–Trinajstić information content (AvgIpc) is 3.70. The number of aromatic amines is 1. The lowest BCUT2D eigenvalue weighted by atomic mass is 10.0. The van der Waals surface area contributed by atoms with Gasteiger partial charge < -0.3 is 34.7 Å². The van der Waals surface area contributed by atoms with Gasteiger partial charge in [0.1, 0.15) is 24.4 Å². The van der Waals surface area contributed by atoms with E-state index < -0.39 is 7.14 Å². The predicted molar refractivity (Wildman–Crippen MR) is 186 cm³/mol. The Morgan fingerprint density at radius 1 is 0.978 bits per heavy atom. The second kappa shape index (κ2) is 11.8. The fraction of sp³-hybridized carbons (Fsp3) is 0.273. The van der Waals surface area contributed by atoms with Gasteiger partial charge in [-0.2, -0.15) is 15.1 Å². The average molecular weight is 637 g/mol. The zero-order valence-electron chi connectivity index (χ0n) is 26.6. The predicted octanol–water partition coefficient (Wildman–Crippen LogP) is 5.40. The molecule has 1 aliphatic heterocycles. The molecule has 2 aromatic carbocycles. The molecule has 12 nitrogen and oxygen atoms in total. The Bertz CT molecular complexity index is 2110. The Labute approximate surface area is 267 Å². The summed E-state index contributed by atoms with van der Waals surface area (Å²) in [4.78, 5) is 22.2. The summed E-state index contributed by atoms with van der Waals surface area (Å²) in [6.07, 6.45) is 7.45. The second-order valence-corrected chi connectivity index (χ2v) is 15.2. The van der Waals surface area contributed by atoms with E-state index in [2.05, 4.69) is 54.7 Å². The SMILES string of the molecule is COc1cc(N2CCN(C)CC2)c(-c2cnn(C)c2)cc1Nc1nc(Nc2ccc3cccnc3c2P(C)(C)=O)c2cc[nH]c2n1. The summed E-state index contributed by atoms with van der Waals surface area (Å²) in [5.41, 5.74) is 5.91. The third kappa shape index (κ3) is 5.65. The van der Waals surface area contributed by atoms with Crippen molar-refractivity contribution in [3.05, 3.63) is 67.3 Å². The van der Waals surface area contributed by atoms with Crippen molar-refractivity contribution in [2.45, 2.75) is 0 Å². The Morgan fingerprint density at radius 2 is 1.80 bits per heavy atom. The van der Waals surface area contributed by atoms with Crippen molar-refractivity contribution in [1.29, 1.82) is 0 Å². The fourth-order valence-electron chi connectivity index (χ4n) is 6.05. The number of hydrogen-bond donors (Lipinski definition) is 3. The number of anilines is 5. The Hall–Kier alpha value is -4.93. The summed E-state index contributed by atoms with van der Waals surface area (Å²) in [5, 5.41) is 13.8. The number of rotatable bonds is 8. The van der Waals surface area contributed by atoms with E-state index in [1.165, 1.54) is 0 Å². The number of nitrogens with zero attached hydrogens (tertiary/aromatic N) is 7. The van der Waals surface area contributed by atoms with Gasteiger partial charge in [-0.25, -0.2) is 0 Å². The maximum absolute atomic E-state index is 13.6. The normalized spacial score (nSPS) is 14.2. The molecule has 0 spiro atoms. The van der Waals surface area contributed by atoms with Crippen LogP contribution in [0.4, 0.5) is 28.8 Å². The molecule has 13 heteroatoms. The zero-order valence-corrected chi connectivity index (χ0v) is 27.5. The van der Waals surface area contributed by atoms with Crippen molar-refractivity contribution in [3.63, 3.8) is 0 Å². The molecule has 46 heavy (non-hydrogen) atoms. The number of ether oxygens (including phenoxy) is 1. The Balaban J connectivity index is 1.31. The van der Waals surface area contributed by atoms with Gasteiger partial charge in [-0.15, -0.1) is 0 Å². The van der Waals surface area contributed by atoms with E-state index in [0.717, 1.165) is 59.5 Å². The van der Waals surface area contributed by atoms with Gasteiger partial charge in [0, 0.05) is 80.1 Å². The Morgan fingerprint density at radius 3 is 2.54 bits per heavy atom. The number of aromatic nitrogens is 6. The minimum absolute atomic E-state index is 0.372. The van der Waals surface area contributed by atoms with Crippen LogP contribution in [0.3, 0.4) is 0 Å². The van der Waals surface area contributed by atoms with Crippen LogP contribution in [0.15, 0.2) is 67.3 Å². The highest BCUT2D eigenvalue weighted by molar-refractivity contribution is 7.71. The minimum Gasteiger partial charge on any atom is -0.494 e. The molecular formula is C33H37N10O2P. The number of pyridine rings is 1. The largest absolute Gasteiger partial charge is 0.494 e. The van der Waals surface area contributed by atoms with Gasteiger partial charge in [-0.3, -0.25) is 9.67 Å². The summed E-state index contributed by atoms with van der Waals surface area (Å²) >= 11 is 0. The van der Waals surface area contributed by atoms with Crippen LogP contribution >= 0.6 is 7.14 Å². The highest BCUT2D eigenvalue weighted by atomic mass is 31.2. The van der Waals surface area contributed by atoms with Crippen LogP contribution in [0, 0.1) is 0 Å². The number of fused-ring (bicyclic) bond motifs is 2. The van der Waals surface area contributed by atoms with E-state index >= 15 is 0 Å². The molecular weight excluding hydrogens is 599 g/mol. The number of nitrogens with one attached hydrogen (secondary N) is 3. The van der Waals surface area contributed by atoms with Gasteiger partial charge in [-0.05, 0) is 44.6 Å². The van der Waals surface area contributed by atoms with Gasteiger partial charge in [0.15, 0.2) is 0 Å². The molecule has 0 unspecified atom stereocenters. The molecule has 0 atom stereocenters. The summed E-state index contributed by atoms with van der Waals surface area (Å²) in [6.45, 7) is 7.31. The van der Waals surface area contributed by atoms with Crippen LogP contribution in [0.5, 0.6) is 5.75 Å². The topological polar surface area (TPSA) is 129 Å². The summed E-state index contributed by atoms with van der Waals surface area (Å²) in [7, 11) is 3.00. The lowest BCUT2D eigenvalue weighted by Gasteiger charge is -2.35. The first-order chi connectivity index (χ1) is 22.2. The van der Waals surface area contributed by atoms with Gasteiger partial charge in [-0.1, -0.05) is 12.1 Å². The molecule has 1 aliphatic rings. The molecule has 6 aromatic rings. The van der Waals surface area contributed by atoms with Crippen molar-refractivity contribution < 1.29 is 9.30 Å². The molecule has 7 rings (SSSR count). The van der Waals surface area contributed by atoms with Gasteiger partial charge >= 0.3 is 0 Å². The van der Waals surface area contributed by atoms with Crippen LogP contribution in [-0.2, 0) is 11.6 Å². The molecule has 1 saturated heterocycles. The second-order valence-electron chi connectivity index (χ2n) is 12.0. The van der Waals surface area contributed by atoms with E-state index in [4.69, 9.17) is 14.7 Å². The van der Waals surface area contributed by atoms with Crippen LogP contribution in [0.2, 0.25) is 0 Å². The molecule has 0 radical (unpaired) electrons. The summed E-state index contributed by atoms with van der Waals surface area (Å²) < 4.78 is 21.3. The number of likely N-dealkylation sites (N-methyl/N-ethyl adjacent to an activating group) is 1. The molecule has 4 aromatic heterocycles. The van der Waals surface area contributed by atoms with Crippen LogP contribution in [0.25, 0.3) is 33.1 Å². The van der Waals surface area contributed by atoms with Crippen molar-refractivity contribution in [2.75, 3.05) is 69.2 Å². The van der Waals surface area contributed by atoms with Gasteiger partial charge in [0.2, 0.25) is 5.95 Å². The monoisotopic (exact) mass is 636 g/mol. The molecule has 3 N–H and O–H groups in total.